The Morgan fingerprint density at radius 1 is 1.00 bits per heavy atom. The lowest BCUT2D eigenvalue weighted by Gasteiger charge is -2.33. The van der Waals surface area contributed by atoms with Crippen molar-refractivity contribution in [2.75, 3.05) is 13.1 Å². The van der Waals surface area contributed by atoms with E-state index < -0.39 is 47.4 Å². The van der Waals surface area contributed by atoms with E-state index >= 15 is 0 Å². The van der Waals surface area contributed by atoms with E-state index in [1.807, 2.05) is 30.3 Å². The van der Waals surface area contributed by atoms with E-state index in [2.05, 4.69) is 21.4 Å². The Balaban J connectivity index is 1.85. The Morgan fingerprint density at radius 3 is 2.27 bits per heavy atom. The number of alkyl carbamates (subject to hydrolysis) is 1. The highest BCUT2D eigenvalue weighted by Crippen LogP contribution is 2.28. The van der Waals surface area contributed by atoms with Gasteiger partial charge >= 0.3 is 6.09 Å². The summed E-state index contributed by atoms with van der Waals surface area (Å²) in [5, 5.41) is 8.45. The number of ether oxygens (including phenoxy) is 1. The molecule has 1 heterocycles. The quantitative estimate of drug-likeness (QED) is 0.440. The van der Waals surface area contributed by atoms with Crippen LogP contribution in [0.2, 0.25) is 0 Å². The molecule has 11 nitrogen and oxygen atoms in total. The van der Waals surface area contributed by atoms with E-state index in [-0.39, 0.29) is 19.4 Å². The molecule has 33 heavy (non-hydrogen) atoms. The number of amides is 5. The predicted octanol–water partition coefficient (Wildman–Crippen LogP) is 0.356. The van der Waals surface area contributed by atoms with Crippen molar-refractivity contribution < 1.29 is 28.7 Å². The molecule has 0 spiro atoms. The molecule has 1 aromatic rings. The van der Waals surface area contributed by atoms with Crippen LogP contribution in [0.5, 0.6) is 0 Å². The van der Waals surface area contributed by atoms with Gasteiger partial charge in [0.2, 0.25) is 17.7 Å². The molecule has 0 aromatic heterocycles. The molecule has 0 aliphatic carbocycles. The zero-order valence-electron chi connectivity index (χ0n) is 19.3. The van der Waals surface area contributed by atoms with Crippen molar-refractivity contribution in [1.29, 1.82) is 0 Å². The summed E-state index contributed by atoms with van der Waals surface area (Å²) in [6.07, 6.45) is -0.583. The van der Waals surface area contributed by atoms with Crippen molar-refractivity contribution in [3.8, 4) is 0 Å². The van der Waals surface area contributed by atoms with Crippen LogP contribution in [-0.2, 0) is 30.5 Å². The van der Waals surface area contributed by atoms with E-state index in [1.54, 1.807) is 20.8 Å². The van der Waals surface area contributed by atoms with E-state index in [0.717, 1.165) is 10.6 Å². The van der Waals surface area contributed by atoms with Gasteiger partial charge in [0, 0.05) is 13.0 Å². The summed E-state index contributed by atoms with van der Waals surface area (Å²) in [5.41, 5.74) is 1.18. The van der Waals surface area contributed by atoms with Crippen LogP contribution in [0.1, 0.15) is 46.1 Å². The van der Waals surface area contributed by atoms with Crippen molar-refractivity contribution in [2.24, 2.45) is 0 Å². The number of hydrazine groups is 1. The highest BCUT2D eigenvalue weighted by Gasteiger charge is 2.48. The van der Waals surface area contributed by atoms with Gasteiger partial charge in [0.15, 0.2) is 0 Å². The Kier molecular flexibility index (Phi) is 8.38. The molecule has 1 aliphatic heterocycles. The van der Waals surface area contributed by atoms with Crippen LogP contribution in [0.3, 0.4) is 0 Å². The maximum atomic E-state index is 12.8. The zero-order valence-corrected chi connectivity index (χ0v) is 19.3. The molecular formula is C22H31N5O6. The average Bonchev–Trinajstić information content (AvgIpc) is 3.03. The maximum absolute atomic E-state index is 12.8. The van der Waals surface area contributed by atoms with Crippen LogP contribution in [0.25, 0.3) is 0 Å². The summed E-state index contributed by atoms with van der Waals surface area (Å²) in [6, 6.07) is 9.30. The second kappa shape index (κ2) is 10.8. The highest BCUT2D eigenvalue weighted by molar-refractivity contribution is 5.97. The van der Waals surface area contributed by atoms with Crippen LogP contribution in [0.4, 0.5) is 4.79 Å². The molecule has 0 bridgehead atoms. The van der Waals surface area contributed by atoms with E-state index in [0.29, 0.717) is 6.54 Å². The van der Waals surface area contributed by atoms with Crippen LogP contribution < -0.4 is 21.4 Å². The number of benzene rings is 1. The predicted molar refractivity (Wildman–Crippen MR) is 118 cm³/mol. The number of carbonyl (C=O) groups is 5. The van der Waals surface area contributed by atoms with E-state index in [9.17, 15) is 24.0 Å². The van der Waals surface area contributed by atoms with Crippen LogP contribution >= 0.6 is 0 Å². The lowest BCUT2D eigenvalue weighted by molar-refractivity contribution is -0.149. The van der Waals surface area contributed by atoms with Gasteiger partial charge in [-0.3, -0.25) is 24.6 Å². The van der Waals surface area contributed by atoms with E-state index in [4.69, 9.17) is 4.74 Å². The molecule has 0 radical (unpaired) electrons. The fourth-order valence-corrected chi connectivity index (χ4v) is 3.09. The first-order valence-electron chi connectivity index (χ1n) is 10.6. The lowest BCUT2D eigenvalue weighted by atomic mass is 9.99. The fourth-order valence-electron chi connectivity index (χ4n) is 3.09. The average molecular weight is 462 g/mol. The third kappa shape index (κ3) is 7.78. The first kappa shape index (κ1) is 25.6. The summed E-state index contributed by atoms with van der Waals surface area (Å²) in [5.74, 6) is -2.12. The highest BCUT2D eigenvalue weighted by atomic mass is 16.6. The van der Waals surface area contributed by atoms with Gasteiger partial charge in [-0.1, -0.05) is 30.3 Å². The van der Waals surface area contributed by atoms with Crippen molar-refractivity contribution in [1.82, 2.24) is 26.4 Å². The molecule has 1 atom stereocenters. The Hall–Kier alpha value is -3.63. The van der Waals surface area contributed by atoms with Gasteiger partial charge in [-0.05, 0) is 39.7 Å². The topological polar surface area (TPSA) is 146 Å². The number of carbonyl (C=O) groups excluding carboxylic acids is 5. The Labute approximate surface area is 192 Å². The summed E-state index contributed by atoms with van der Waals surface area (Å²) in [7, 11) is 0. The molecule has 0 saturated carbocycles. The van der Waals surface area contributed by atoms with Crippen molar-refractivity contribution in [2.45, 2.75) is 58.2 Å². The van der Waals surface area contributed by atoms with Crippen molar-refractivity contribution in [3.63, 3.8) is 0 Å². The third-order valence-corrected chi connectivity index (χ3v) is 4.83. The molecule has 180 valence electrons. The SMILES string of the molecule is CC(C)(C)OC(=O)NCC(=O)NN1C(=O)CCC1(C)C(=O)NCC(=O)NCc1ccccc1. The molecule has 11 heteroatoms. The Morgan fingerprint density at radius 2 is 1.64 bits per heavy atom. The van der Waals surface area contributed by atoms with Gasteiger partial charge in [-0.2, -0.15) is 0 Å². The van der Waals surface area contributed by atoms with Crippen molar-refractivity contribution in [3.05, 3.63) is 35.9 Å². The standard InChI is InChI=1S/C22H31N5O6/c1-21(2,3)33-20(32)25-14-17(29)26-27-18(30)10-11-22(27,4)19(31)24-13-16(28)23-12-15-8-6-5-7-9-15/h5-9H,10-14H2,1-4H3,(H,23,28)(H,24,31)(H,25,32)(H,26,29). The number of hydrogen-bond acceptors (Lipinski definition) is 6. The minimum atomic E-state index is -1.38. The maximum Gasteiger partial charge on any atom is 0.408 e. The smallest absolute Gasteiger partial charge is 0.408 e. The van der Waals surface area contributed by atoms with Crippen LogP contribution in [0.15, 0.2) is 30.3 Å². The minimum Gasteiger partial charge on any atom is -0.444 e. The van der Waals surface area contributed by atoms with Crippen LogP contribution in [0, 0.1) is 0 Å². The molecule has 2 rings (SSSR count). The number of rotatable bonds is 8. The lowest BCUT2D eigenvalue weighted by Crippen LogP contribution is -2.62. The molecular weight excluding hydrogens is 430 g/mol. The molecule has 1 saturated heterocycles. The first-order chi connectivity index (χ1) is 15.4. The van der Waals surface area contributed by atoms with Gasteiger partial charge in [0.1, 0.15) is 17.7 Å². The van der Waals surface area contributed by atoms with Crippen LogP contribution in [-0.4, -0.2) is 59.0 Å². The number of hydrogen-bond donors (Lipinski definition) is 4. The van der Waals surface area contributed by atoms with Gasteiger partial charge in [0.25, 0.3) is 5.91 Å². The monoisotopic (exact) mass is 461 g/mol. The second-order valence-corrected chi connectivity index (χ2v) is 8.84. The molecule has 1 aliphatic rings. The first-order valence-corrected chi connectivity index (χ1v) is 10.6. The van der Waals surface area contributed by atoms with Gasteiger partial charge in [-0.25, -0.2) is 9.80 Å². The molecule has 1 fully saturated rings. The number of nitrogens with zero attached hydrogens (tertiary/aromatic N) is 1. The minimum absolute atomic E-state index is 0.0455. The summed E-state index contributed by atoms with van der Waals surface area (Å²) in [4.78, 5) is 61.1. The molecule has 5 amide bonds. The summed E-state index contributed by atoms with van der Waals surface area (Å²) in [6.45, 7) is 6.13. The third-order valence-electron chi connectivity index (χ3n) is 4.83. The van der Waals surface area contributed by atoms with Crippen molar-refractivity contribution >= 4 is 29.7 Å². The molecule has 1 unspecified atom stereocenters. The van der Waals surface area contributed by atoms with E-state index in [1.165, 1.54) is 6.92 Å². The Bertz CT molecular complexity index is 898. The van der Waals surface area contributed by atoms with Gasteiger partial charge in [0.05, 0.1) is 6.54 Å². The summed E-state index contributed by atoms with van der Waals surface area (Å²) < 4.78 is 5.05. The largest absolute Gasteiger partial charge is 0.444 e. The molecule has 1 aromatic carbocycles. The second-order valence-electron chi connectivity index (χ2n) is 8.84. The fraction of sp³-hybridized carbons (Fsp3) is 0.500. The van der Waals surface area contributed by atoms with Gasteiger partial charge < -0.3 is 20.7 Å². The van der Waals surface area contributed by atoms with Gasteiger partial charge in [-0.15, -0.1) is 0 Å². The summed E-state index contributed by atoms with van der Waals surface area (Å²) >= 11 is 0. The normalized spacial score (nSPS) is 17.8. The zero-order chi connectivity index (χ0) is 24.6. The molecule has 4 N–H and O–H groups in total. The number of nitrogens with one attached hydrogen (secondary N) is 4.